The summed E-state index contributed by atoms with van der Waals surface area (Å²) in [4.78, 5) is 12.6. The highest BCUT2D eigenvalue weighted by atomic mass is 16.2. The van der Waals surface area contributed by atoms with Crippen LogP contribution in [0.3, 0.4) is 0 Å². The Bertz CT molecular complexity index is 181. The van der Waals surface area contributed by atoms with E-state index in [9.17, 15) is 4.79 Å². The van der Waals surface area contributed by atoms with Crippen molar-refractivity contribution in [3.05, 3.63) is 0 Å². The number of amides is 1. The van der Waals surface area contributed by atoms with Crippen LogP contribution in [0.15, 0.2) is 0 Å². The Hall–Kier alpha value is -1.01. The molecular formula is C9H16N2O. The first-order valence-corrected chi connectivity index (χ1v) is 3.95. The van der Waals surface area contributed by atoms with Crippen LogP contribution in [-0.2, 0) is 4.79 Å². The Kier molecular flexibility index (Phi) is 5.14. The fourth-order valence-corrected chi connectivity index (χ4v) is 0.669. The number of nitrogens with zero attached hydrogens (tertiary/aromatic N) is 1. The van der Waals surface area contributed by atoms with E-state index in [1.807, 2.05) is 6.92 Å². The second-order valence-electron chi connectivity index (χ2n) is 2.98. The van der Waals surface area contributed by atoms with E-state index >= 15 is 0 Å². The molecule has 0 aromatic carbocycles. The van der Waals surface area contributed by atoms with Crippen molar-refractivity contribution in [1.82, 2.24) is 10.2 Å². The van der Waals surface area contributed by atoms with Crippen molar-refractivity contribution in [2.24, 2.45) is 0 Å². The van der Waals surface area contributed by atoms with Crippen LogP contribution < -0.4 is 5.32 Å². The minimum Gasteiger partial charge on any atom is -0.348 e. The van der Waals surface area contributed by atoms with Crippen LogP contribution in [0.4, 0.5) is 0 Å². The third-order valence-corrected chi connectivity index (χ3v) is 1.52. The maximum atomic E-state index is 11.1. The first kappa shape index (κ1) is 11.0. The van der Waals surface area contributed by atoms with Gasteiger partial charge >= 0.3 is 0 Å². The third kappa shape index (κ3) is 4.75. The Balaban J connectivity index is 3.55. The molecule has 1 atom stereocenters. The molecule has 0 radical (unpaired) electrons. The maximum absolute atomic E-state index is 11.1. The lowest BCUT2D eigenvalue weighted by molar-refractivity contribution is -0.127. The molecule has 1 N–H and O–H groups in total. The molecule has 1 unspecified atom stereocenters. The van der Waals surface area contributed by atoms with Gasteiger partial charge in [0.05, 0.1) is 6.54 Å². The highest BCUT2D eigenvalue weighted by Gasteiger charge is 2.05. The molecule has 0 fully saturated rings. The first-order chi connectivity index (χ1) is 5.57. The molecule has 68 valence electrons. The number of terminal acetylenes is 1. The lowest BCUT2D eigenvalue weighted by Gasteiger charge is -2.13. The summed E-state index contributed by atoms with van der Waals surface area (Å²) in [6.07, 6.45) is 5.76. The number of rotatable bonds is 4. The number of hydrogen-bond acceptors (Lipinski definition) is 2. The summed E-state index contributed by atoms with van der Waals surface area (Å²) in [5, 5.41) is 3.03. The SMILES string of the molecule is C#CCC(C)NCC(=O)N(C)C. The van der Waals surface area contributed by atoms with E-state index in [0.717, 1.165) is 0 Å². The quantitative estimate of drug-likeness (QED) is 0.603. The second-order valence-corrected chi connectivity index (χ2v) is 2.98. The molecule has 0 spiro atoms. The van der Waals surface area contributed by atoms with E-state index in [-0.39, 0.29) is 11.9 Å². The number of carbonyl (C=O) groups is 1. The van der Waals surface area contributed by atoms with E-state index in [1.165, 1.54) is 0 Å². The van der Waals surface area contributed by atoms with Crippen molar-refractivity contribution >= 4 is 5.91 Å². The highest BCUT2D eigenvalue weighted by Crippen LogP contribution is 1.87. The number of nitrogens with one attached hydrogen (secondary N) is 1. The second kappa shape index (κ2) is 5.62. The largest absolute Gasteiger partial charge is 0.348 e. The van der Waals surface area contributed by atoms with E-state index in [2.05, 4.69) is 11.2 Å². The molecule has 0 heterocycles. The van der Waals surface area contributed by atoms with E-state index < -0.39 is 0 Å². The Morgan fingerprint density at radius 2 is 2.25 bits per heavy atom. The minimum absolute atomic E-state index is 0.0684. The molecular weight excluding hydrogens is 152 g/mol. The smallest absolute Gasteiger partial charge is 0.236 e. The zero-order chi connectivity index (χ0) is 9.56. The van der Waals surface area contributed by atoms with Gasteiger partial charge in [-0.1, -0.05) is 0 Å². The van der Waals surface area contributed by atoms with E-state index in [0.29, 0.717) is 13.0 Å². The van der Waals surface area contributed by atoms with Crippen molar-refractivity contribution in [2.45, 2.75) is 19.4 Å². The Morgan fingerprint density at radius 3 is 2.67 bits per heavy atom. The van der Waals surface area contributed by atoms with Gasteiger partial charge in [0.1, 0.15) is 0 Å². The molecule has 0 aliphatic heterocycles. The van der Waals surface area contributed by atoms with E-state index in [1.54, 1.807) is 19.0 Å². The van der Waals surface area contributed by atoms with Crippen LogP contribution in [0.25, 0.3) is 0 Å². The lowest BCUT2D eigenvalue weighted by Crippen LogP contribution is -2.37. The fourth-order valence-electron chi connectivity index (χ4n) is 0.669. The molecule has 0 rings (SSSR count). The van der Waals surface area contributed by atoms with Gasteiger partial charge in [-0.3, -0.25) is 4.79 Å². The minimum atomic E-state index is 0.0684. The Morgan fingerprint density at radius 1 is 1.67 bits per heavy atom. The van der Waals surface area contributed by atoms with Crippen molar-refractivity contribution in [3.63, 3.8) is 0 Å². The molecule has 1 amide bonds. The normalized spacial score (nSPS) is 11.8. The molecule has 0 saturated heterocycles. The summed E-state index contributed by atoms with van der Waals surface area (Å²) in [5.74, 6) is 2.60. The maximum Gasteiger partial charge on any atom is 0.236 e. The van der Waals surface area contributed by atoms with Gasteiger partial charge in [-0.2, -0.15) is 0 Å². The monoisotopic (exact) mass is 168 g/mol. The Labute approximate surface area is 74.1 Å². The summed E-state index contributed by atoms with van der Waals surface area (Å²) in [5.41, 5.74) is 0. The standard InChI is InChI=1S/C9H16N2O/c1-5-6-8(2)10-7-9(12)11(3)4/h1,8,10H,6-7H2,2-4H3. The van der Waals surface area contributed by atoms with Gasteiger partial charge in [0, 0.05) is 26.6 Å². The number of likely N-dealkylation sites (N-methyl/N-ethyl adjacent to an activating group) is 1. The van der Waals surface area contributed by atoms with Gasteiger partial charge in [0.2, 0.25) is 5.91 Å². The van der Waals surface area contributed by atoms with Crippen LogP contribution in [-0.4, -0.2) is 37.5 Å². The molecule has 0 aliphatic carbocycles. The average Bonchev–Trinajstić information content (AvgIpc) is 2.00. The summed E-state index contributed by atoms with van der Waals surface area (Å²) in [7, 11) is 3.46. The number of hydrogen-bond donors (Lipinski definition) is 1. The van der Waals surface area contributed by atoms with Crippen LogP contribution in [0.1, 0.15) is 13.3 Å². The van der Waals surface area contributed by atoms with Gasteiger partial charge < -0.3 is 10.2 Å². The lowest BCUT2D eigenvalue weighted by atomic mass is 10.2. The predicted octanol–water partition coefficient (Wildman–Crippen LogP) is 0.0760. The van der Waals surface area contributed by atoms with Crippen molar-refractivity contribution in [3.8, 4) is 12.3 Å². The first-order valence-electron chi connectivity index (χ1n) is 3.95. The average molecular weight is 168 g/mol. The topological polar surface area (TPSA) is 32.3 Å². The summed E-state index contributed by atoms with van der Waals surface area (Å²) in [6.45, 7) is 2.32. The summed E-state index contributed by atoms with van der Waals surface area (Å²) >= 11 is 0. The van der Waals surface area contributed by atoms with E-state index in [4.69, 9.17) is 6.42 Å². The molecule has 12 heavy (non-hydrogen) atoms. The highest BCUT2D eigenvalue weighted by molar-refractivity contribution is 5.77. The molecule has 0 aliphatic rings. The molecule has 3 nitrogen and oxygen atoms in total. The van der Waals surface area contributed by atoms with Gasteiger partial charge in [-0.15, -0.1) is 12.3 Å². The summed E-state index contributed by atoms with van der Waals surface area (Å²) < 4.78 is 0. The third-order valence-electron chi connectivity index (χ3n) is 1.52. The zero-order valence-corrected chi connectivity index (χ0v) is 7.92. The van der Waals surface area contributed by atoms with Crippen molar-refractivity contribution in [2.75, 3.05) is 20.6 Å². The number of carbonyl (C=O) groups excluding carboxylic acids is 1. The van der Waals surface area contributed by atoms with Gasteiger partial charge in [0.15, 0.2) is 0 Å². The van der Waals surface area contributed by atoms with Crippen LogP contribution in [0.2, 0.25) is 0 Å². The van der Waals surface area contributed by atoms with Crippen molar-refractivity contribution < 1.29 is 4.79 Å². The summed E-state index contributed by atoms with van der Waals surface area (Å²) in [6, 6.07) is 0.207. The van der Waals surface area contributed by atoms with Crippen molar-refractivity contribution in [1.29, 1.82) is 0 Å². The molecule has 0 saturated carbocycles. The predicted molar refractivity (Wildman–Crippen MR) is 49.6 cm³/mol. The fraction of sp³-hybridized carbons (Fsp3) is 0.667. The van der Waals surface area contributed by atoms with Gasteiger partial charge in [0.25, 0.3) is 0 Å². The van der Waals surface area contributed by atoms with Gasteiger partial charge in [-0.05, 0) is 6.92 Å². The van der Waals surface area contributed by atoms with Crippen LogP contribution in [0.5, 0.6) is 0 Å². The van der Waals surface area contributed by atoms with Gasteiger partial charge in [-0.25, -0.2) is 0 Å². The zero-order valence-electron chi connectivity index (χ0n) is 7.92. The van der Waals surface area contributed by atoms with Crippen LogP contribution >= 0.6 is 0 Å². The van der Waals surface area contributed by atoms with Crippen LogP contribution in [0, 0.1) is 12.3 Å². The molecule has 0 bridgehead atoms. The molecule has 3 heteroatoms. The molecule has 0 aromatic heterocycles. The molecule has 0 aromatic rings.